The Labute approximate surface area is 341 Å². The van der Waals surface area contributed by atoms with Crippen molar-refractivity contribution in [3.05, 3.63) is 42.1 Å². The van der Waals surface area contributed by atoms with Crippen LogP contribution in [-0.4, -0.2) is 131 Å². The van der Waals surface area contributed by atoms with Gasteiger partial charge in [0.2, 0.25) is 0 Å². The number of fused-ring (bicyclic) bond motifs is 1. The minimum absolute atomic E-state index is 0.00111. The Bertz CT molecular complexity index is 1550. The van der Waals surface area contributed by atoms with Crippen LogP contribution < -0.4 is 0 Å². The number of carbonyl (C=O) groups is 4. The van der Waals surface area contributed by atoms with Gasteiger partial charge < -0.3 is 34.2 Å². The third kappa shape index (κ3) is 16.4. The minimum atomic E-state index is -1.17. The number of amides is 1. The molecule has 13 heteroatoms. The highest BCUT2D eigenvalue weighted by Crippen LogP contribution is 2.31. The molecular weight excluding hydrogens is 729 g/mol. The quantitative estimate of drug-likeness (QED) is 0.0731. The van der Waals surface area contributed by atoms with E-state index in [1.807, 2.05) is 102 Å². The van der Waals surface area contributed by atoms with Crippen LogP contribution in [0.2, 0.25) is 0 Å². The van der Waals surface area contributed by atoms with E-state index in [4.69, 9.17) is 19.2 Å². The van der Waals surface area contributed by atoms with E-state index in [2.05, 4.69) is 0 Å². The first-order chi connectivity index (χ1) is 26.8. The molecule has 0 aliphatic heterocycles. The number of aliphatic hydroxyl groups excluding tert-OH is 1. The molecule has 0 fully saturated rings. The Morgan fingerprint density at radius 1 is 0.842 bits per heavy atom. The summed E-state index contributed by atoms with van der Waals surface area (Å²) in [6.07, 6.45) is -2.61. The Morgan fingerprint density at radius 3 is 2.09 bits per heavy atom. The predicted molar refractivity (Wildman–Crippen MR) is 223 cm³/mol. The van der Waals surface area contributed by atoms with Crippen molar-refractivity contribution in [3.8, 4) is 0 Å². The number of pyridine rings is 1. The molecule has 0 aliphatic carbocycles. The highest BCUT2D eigenvalue weighted by atomic mass is 16.7. The van der Waals surface area contributed by atoms with Gasteiger partial charge in [0.15, 0.2) is 6.29 Å². The molecule has 0 saturated heterocycles. The highest BCUT2D eigenvalue weighted by Gasteiger charge is 2.39. The maximum atomic E-state index is 14.4. The Morgan fingerprint density at radius 2 is 1.51 bits per heavy atom. The lowest BCUT2D eigenvalue weighted by Crippen LogP contribution is -2.50. The molecule has 0 bridgehead atoms. The third-order valence-electron chi connectivity index (χ3n) is 10.9. The molecule has 2 rings (SSSR count). The van der Waals surface area contributed by atoms with Gasteiger partial charge in [0.1, 0.15) is 23.8 Å². The summed E-state index contributed by atoms with van der Waals surface area (Å²) in [5, 5.41) is 22.3. The number of benzene rings is 1. The van der Waals surface area contributed by atoms with E-state index in [1.165, 1.54) is 11.8 Å². The van der Waals surface area contributed by atoms with Gasteiger partial charge >= 0.3 is 12.1 Å². The maximum absolute atomic E-state index is 14.4. The average Bonchev–Trinajstić information content (AvgIpc) is 3.15. The van der Waals surface area contributed by atoms with Crippen LogP contribution in [0.5, 0.6) is 0 Å². The fourth-order valence-corrected chi connectivity index (χ4v) is 7.48. The molecule has 2 aromatic rings. The topological polar surface area (TPSA) is 159 Å². The van der Waals surface area contributed by atoms with E-state index in [0.29, 0.717) is 32.4 Å². The number of aromatic nitrogens is 1. The number of esters is 1. The van der Waals surface area contributed by atoms with Crippen molar-refractivity contribution in [2.24, 2.45) is 23.7 Å². The number of para-hydroxylation sites is 1. The SMILES string of the molecule is CCC(=O)[C@H](C)[C@@H](O[C@H](O[C@H](C)CCN(C)C)[C@@H](C)O)[C@@H](C)C[C@@H](C)C(=O)[C@H](C)[C@H](C[C@@H](CC)OC(C)=O)N(CCN(C)Cc1ccc2ccccc2n1)C(=O)O. The first-order valence-corrected chi connectivity index (χ1v) is 20.7. The fourth-order valence-electron chi connectivity index (χ4n) is 7.48. The maximum Gasteiger partial charge on any atom is 0.407 e. The van der Waals surface area contributed by atoms with Crippen LogP contribution in [0.15, 0.2) is 36.4 Å². The van der Waals surface area contributed by atoms with E-state index >= 15 is 0 Å². The Hall–Kier alpha value is -3.49. The number of ketones is 2. The molecular formula is C44H72N4O9. The summed E-state index contributed by atoms with van der Waals surface area (Å²) in [5.74, 6) is -2.74. The normalized spacial score (nSPS) is 17.2. The zero-order chi connectivity index (χ0) is 43.0. The van der Waals surface area contributed by atoms with Crippen molar-refractivity contribution in [1.29, 1.82) is 0 Å². The number of carbonyl (C=O) groups excluding carboxylic acids is 3. The van der Waals surface area contributed by atoms with E-state index in [9.17, 15) is 29.4 Å². The van der Waals surface area contributed by atoms with Gasteiger partial charge in [-0.2, -0.15) is 0 Å². The second-order valence-electron chi connectivity index (χ2n) is 16.3. The van der Waals surface area contributed by atoms with E-state index in [1.54, 1.807) is 20.8 Å². The van der Waals surface area contributed by atoms with Crippen molar-refractivity contribution < 1.29 is 43.6 Å². The van der Waals surface area contributed by atoms with Crippen LogP contribution in [0.25, 0.3) is 10.9 Å². The summed E-state index contributed by atoms with van der Waals surface area (Å²) >= 11 is 0. The number of rotatable bonds is 27. The van der Waals surface area contributed by atoms with Crippen molar-refractivity contribution in [2.45, 2.75) is 138 Å². The van der Waals surface area contributed by atoms with Crippen LogP contribution in [-0.2, 0) is 35.1 Å². The van der Waals surface area contributed by atoms with Crippen molar-refractivity contribution in [2.75, 3.05) is 40.8 Å². The molecule has 1 aromatic carbocycles. The van der Waals surface area contributed by atoms with Crippen LogP contribution in [0.3, 0.4) is 0 Å². The van der Waals surface area contributed by atoms with Gasteiger partial charge in [0.05, 0.1) is 23.4 Å². The lowest BCUT2D eigenvalue weighted by Gasteiger charge is -2.38. The van der Waals surface area contributed by atoms with Gasteiger partial charge in [-0.05, 0) is 78.8 Å². The van der Waals surface area contributed by atoms with Crippen molar-refractivity contribution >= 4 is 34.5 Å². The first-order valence-electron chi connectivity index (χ1n) is 20.7. The van der Waals surface area contributed by atoms with Crippen LogP contribution in [0.4, 0.5) is 4.79 Å². The summed E-state index contributed by atoms with van der Waals surface area (Å²) in [6.45, 7) is 17.6. The summed E-state index contributed by atoms with van der Waals surface area (Å²) in [4.78, 5) is 62.6. The van der Waals surface area contributed by atoms with Crippen LogP contribution in [0, 0.1) is 23.7 Å². The number of nitrogens with zero attached hydrogens (tertiary/aromatic N) is 4. The van der Waals surface area contributed by atoms with Crippen LogP contribution >= 0.6 is 0 Å². The number of carboxylic acid groups (broad SMARTS) is 1. The monoisotopic (exact) mass is 801 g/mol. The number of likely N-dealkylation sites (N-methyl/N-ethyl adjacent to an activating group) is 1. The Balaban J connectivity index is 2.33. The first kappa shape index (κ1) is 49.7. The second-order valence-corrected chi connectivity index (χ2v) is 16.3. The fraction of sp³-hybridized carbons (Fsp3) is 0.705. The lowest BCUT2D eigenvalue weighted by molar-refractivity contribution is -0.244. The molecule has 2 N–H and O–H groups in total. The standard InChI is InChI=1S/C44H72N4O9/c1-13-37(56-34(9)50)26-39(48(44(53)54)24-23-47(12)27-36-20-19-35-17-15-16-18-38(35)45-36)31(6)41(52)28(3)25-29(4)42(32(7)40(51)14-2)57-43(33(8)49)55-30(5)21-22-46(10)11/h15-20,28-33,37,39,42-43,49H,13-14,21-27H2,1-12H3,(H,53,54)/t28-,29+,30-,31-,32+,33-,37-,39+,42+,43+/m1/s1. The van der Waals surface area contributed by atoms with Gasteiger partial charge in [-0.1, -0.05) is 65.8 Å². The molecule has 322 valence electrons. The van der Waals surface area contributed by atoms with Gasteiger partial charge in [0.25, 0.3) is 0 Å². The van der Waals surface area contributed by atoms with Gasteiger partial charge in [-0.15, -0.1) is 0 Å². The van der Waals surface area contributed by atoms with Gasteiger partial charge in [-0.3, -0.25) is 24.3 Å². The molecule has 1 heterocycles. The van der Waals surface area contributed by atoms with E-state index in [-0.39, 0.29) is 36.6 Å². The largest absolute Gasteiger partial charge is 0.465 e. The number of ether oxygens (including phenoxy) is 3. The van der Waals surface area contributed by atoms with Gasteiger partial charge in [0, 0.05) is 68.6 Å². The highest BCUT2D eigenvalue weighted by molar-refractivity contribution is 5.84. The van der Waals surface area contributed by atoms with Crippen molar-refractivity contribution in [3.63, 3.8) is 0 Å². The smallest absolute Gasteiger partial charge is 0.407 e. The predicted octanol–water partition coefficient (Wildman–Crippen LogP) is 6.68. The average molecular weight is 801 g/mol. The van der Waals surface area contributed by atoms with E-state index < -0.39 is 60.5 Å². The summed E-state index contributed by atoms with van der Waals surface area (Å²) in [5.41, 5.74) is 1.73. The molecule has 13 nitrogen and oxygen atoms in total. The second kappa shape index (κ2) is 24.4. The molecule has 0 unspecified atom stereocenters. The zero-order valence-electron chi connectivity index (χ0n) is 36.6. The molecule has 1 amide bonds. The summed E-state index contributed by atoms with van der Waals surface area (Å²) in [7, 11) is 5.85. The van der Waals surface area contributed by atoms with Crippen LogP contribution in [0.1, 0.15) is 100 Å². The molecule has 0 radical (unpaired) electrons. The molecule has 1 aromatic heterocycles. The van der Waals surface area contributed by atoms with E-state index in [0.717, 1.165) is 29.6 Å². The summed E-state index contributed by atoms with van der Waals surface area (Å²) in [6, 6.07) is 11.1. The van der Waals surface area contributed by atoms with Crippen molar-refractivity contribution in [1.82, 2.24) is 19.7 Å². The third-order valence-corrected chi connectivity index (χ3v) is 10.9. The number of hydrogen-bond acceptors (Lipinski definition) is 11. The molecule has 10 atom stereocenters. The zero-order valence-corrected chi connectivity index (χ0v) is 36.6. The molecule has 0 spiro atoms. The molecule has 0 aliphatic rings. The van der Waals surface area contributed by atoms with Gasteiger partial charge in [-0.25, -0.2) is 4.79 Å². The summed E-state index contributed by atoms with van der Waals surface area (Å²) < 4.78 is 18.2. The number of hydrogen-bond donors (Lipinski definition) is 2. The lowest BCUT2D eigenvalue weighted by atomic mass is 9.79. The number of Topliss-reactive ketones (excluding diaryl/α,β-unsaturated/α-hetero) is 2. The molecule has 57 heavy (non-hydrogen) atoms. The minimum Gasteiger partial charge on any atom is -0.465 e. The Kier molecular flexibility index (Phi) is 21.3. The number of aliphatic hydroxyl groups is 1. The molecule has 0 saturated carbocycles.